The first kappa shape index (κ1) is 18.9. The van der Waals surface area contributed by atoms with E-state index >= 15 is 0 Å². The van der Waals surface area contributed by atoms with Gasteiger partial charge in [0, 0.05) is 19.7 Å². The van der Waals surface area contributed by atoms with Gasteiger partial charge in [0.05, 0.1) is 12.6 Å². The van der Waals surface area contributed by atoms with Gasteiger partial charge < -0.3 is 4.74 Å². The monoisotopic (exact) mass is 390 g/mol. The zero-order chi connectivity index (χ0) is 19.9. The fourth-order valence-corrected chi connectivity index (χ4v) is 3.29. The van der Waals surface area contributed by atoms with Crippen molar-refractivity contribution in [2.45, 2.75) is 19.9 Å². The Balaban J connectivity index is 2.12. The van der Waals surface area contributed by atoms with Crippen LogP contribution in [0.4, 0.5) is 0 Å². The van der Waals surface area contributed by atoms with Gasteiger partial charge in [-0.25, -0.2) is 4.79 Å². The lowest BCUT2D eigenvalue weighted by Crippen LogP contribution is -2.38. The molecule has 0 saturated carbocycles. The Morgan fingerprint density at radius 2 is 1.81 bits per heavy atom. The average molecular weight is 391 g/mol. The number of Topliss-reactive ketones (excluding diaryl/α,β-unsaturated/α-hetero) is 1. The molecule has 2 aromatic heterocycles. The molecule has 1 aromatic carbocycles. The predicted molar refractivity (Wildman–Crippen MR) is 102 cm³/mol. The Kier molecular flexibility index (Phi) is 4.93. The van der Waals surface area contributed by atoms with Crippen molar-refractivity contribution in [1.82, 2.24) is 18.7 Å². The number of ether oxygens (including phenoxy) is 1. The number of benzene rings is 1. The number of imidazole rings is 1. The number of ketones is 1. The summed E-state index contributed by atoms with van der Waals surface area (Å²) in [6.45, 7) is 4.04. The minimum absolute atomic E-state index is 0.0323. The van der Waals surface area contributed by atoms with Crippen molar-refractivity contribution in [3.05, 3.63) is 56.0 Å². The Morgan fingerprint density at radius 1 is 1.19 bits per heavy atom. The molecule has 0 unspecified atom stereocenters. The molecular formula is C18H19ClN4O4. The molecule has 3 rings (SSSR count). The summed E-state index contributed by atoms with van der Waals surface area (Å²) >= 11 is 6.23. The van der Waals surface area contributed by atoms with Crippen LogP contribution in [-0.4, -0.2) is 31.1 Å². The molecule has 0 N–H and O–H groups in total. The summed E-state index contributed by atoms with van der Waals surface area (Å²) < 4.78 is 8.93. The van der Waals surface area contributed by atoms with Crippen LogP contribution in [0.25, 0.3) is 11.2 Å². The first-order valence-electron chi connectivity index (χ1n) is 8.38. The average Bonchev–Trinajstić information content (AvgIpc) is 3.01. The van der Waals surface area contributed by atoms with Gasteiger partial charge in [-0.2, -0.15) is 4.98 Å². The lowest BCUT2D eigenvalue weighted by Gasteiger charge is -2.15. The number of hydrogen-bond donors (Lipinski definition) is 0. The fourth-order valence-electron chi connectivity index (χ4n) is 2.98. The van der Waals surface area contributed by atoms with E-state index in [1.807, 2.05) is 6.92 Å². The van der Waals surface area contributed by atoms with Crippen LogP contribution in [0.5, 0.6) is 5.75 Å². The largest absolute Gasteiger partial charge is 0.494 e. The van der Waals surface area contributed by atoms with Crippen molar-refractivity contribution in [2.75, 3.05) is 6.61 Å². The lowest BCUT2D eigenvalue weighted by atomic mass is 10.1. The topological polar surface area (TPSA) is 88.1 Å². The Labute approximate surface area is 159 Å². The van der Waals surface area contributed by atoms with Crippen LogP contribution in [0.2, 0.25) is 5.28 Å². The number of hydrogen-bond acceptors (Lipinski definition) is 5. The molecule has 142 valence electrons. The van der Waals surface area contributed by atoms with Crippen molar-refractivity contribution < 1.29 is 9.53 Å². The minimum Gasteiger partial charge on any atom is -0.494 e. The number of aryl methyl sites for hydroxylation is 1. The molecule has 0 saturated heterocycles. The van der Waals surface area contributed by atoms with Gasteiger partial charge >= 0.3 is 5.69 Å². The Bertz CT molecular complexity index is 1140. The van der Waals surface area contributed by atoms with Crippen LogP contribution in [-0.2, 0) is 14.1 Å². The third-order valence-electron chi connectivity index (χ3n) is 4.47. The summed E-state index contributed by atoms with van der Waals surface area (Å²) in [5.74, 6) is 0.423. The normalized spacial score (nSPS) is 12.3. The second-order valence-electron chi connectivity index (χ2n) is 6.13. The zero-order valence-corrected chi connectivity index (χ0v) is 16.1. The van der Waals surface area contributed by atoms with Gasteiger partial charge in [-0.1, -0.05) is 0 Å². The molecule has 0 radical (unpaired) electrons. The molecule has 9 heteroatoms. The highest BCUT2D eigenvalue weighted by molar-refractivity contribution is 6.29. The summed E-state index contributed by atoms with van der Waals surface area (Å²) in [6.07, 6.45) is 0. The van der Waals surface area contributed by atoms with Crippen LogP contribution < -0.4 is 16.0 Å². The third kappa shape index (κ3) is 3.06. The first-order valence-corrected chi connectivity index (χ1v) is 8.76. The second kappa shape index (κ2) is 7.03. The molecule has 1 atom stereocenters. The summed E-state index contributed by atoms with van der Waals surface area (Å²) in [7, 11) is 2.87. The lowest BCUT2D eigenvalue weighted by molar-refractivity contribution is 0.0937. The number of carbonyl (C=O) groups is 1. The summed E-state index contributed by atoms with van der Waals surface area (Å²) in [6, 6.07) is 5.94. The van der Waals surface area contributed by atoms with Crippen LogP contribution in [0.3, 0.4) is 0 Å². The van der Waals surface area contributed by atoms with E-state index in [1.54, 1.807) is 31.2 Å². The summed E-state index contributed by atoms with van der Waals surface area (Å²) in [5.41, 5.74) is -0.375. The number of carbonyl (C=O) groups excluding carboxylic acids is 1. The maximum Gasteiger partial charge on any atom is 0.332 e. The Hall–Kier alpha value is -2.87. The molecule has 0 spiro atoms. The maximum atomic E-state index is 12.9. The van der Waals surface area contributed by atoms with Gasteiger partial charge in [0.2, 0.25) is 5.28 Å². The smallest absolute Gasteiger partial charge is 0.332 e. The number of rotatable bonds is 5. The quantitative estimate of drug-likeness (QED) is 0.490. The Morgan fingerprint density at radius 3 is 2.41 bits per heavy atom. The zero-order valence-electron chi connectivity index (χ0n) is 15.4. The first-order chi connectivity index (χ1) is 12.8. The molecule has 0 bridgehead atoms. The summed E-state index contributed by atoms with van der Waals surface area (Å²) in [4.78, 5) is 41.8. The van der Waals surface area contributed by atoms with Crippen molar-refractivity contribution in [3.63, 3.8) is 0 Å². The van der Waals surface area contributed by atoms with Crippen LogP contribution >= 0.6 is 11.6 Å². The molecule has 0 aliphatic carbocycles. The van der Waals surface area contributed by atoms with Crippen LogP contribution in [0, 0.1) is 0 Å². The second-order valence-corrected chi connectivity index (χ2v) is 6.46. The number of halogens is 1. The third-order valence-corrected chi connectivity index (χ3v) is 4.73. The molecule has 2 heterocycles. The van der Waals surface area contributed by atoms with E-state index in [0.29, 0.717) is 17.9 Å². The molecule has 3 aromatic rings. The van der Waals surface area contributed by atoms with E-state index < -0.39 is 17.3 Å². The minimum atomic E-state index is -0.786. The maximum absolute atomic E-state index is 12.9. The predicted octanol–water partition coefficient (Wildman–Crippen LogP) is 1.93. The summed E-state index contributed by atoms with van der Waals surface area (Å²) in [5, 5.41) is -0.0323. The molecule has 0 fully saturated rings. The van der Waals surface area contributed by atoms with Crippen molar-refractivity contribution in [2.24, 2.45) is 14.1 Å². The van der Waals surface area contributed by atoms with Crippen molar-refractivity contribution in [1.29, 1.82) is 0 Å². The van der Waals surface area contributed by atoms with E-state index in [2.05, 4.69) is 4.98 Å². The highest BCUT2D eigenvalue weighted by Gasteiger charge is 2.26. The van der Waals surface area contributed by atoms with Gasteiger partial charge in [-0.3, -0.25) is 23.3 Å². The van der Waals surface area contributed by atoms with E-state index in [-0.39, 0.29) is 22.2 Å². The highest BCUT2D eigenvalue weighted by Crippen LogP contribution is 2.25. The van der Waals surface area contributed by atoms with Gasteiger partial charge in [0.1, 0.15) is 5.75 Å². The number of fused-ring (bicyclic) bond motifs is 1. The number of nitrogens with zero attached hydrogens (tertiary/aromatic N) is 4. The highest BCUT2D eigenvalue weighted by atomic mass is 35.5. The van der Waals surface area contributed by atoms with E-state index in [9.17, 15) is 14.4 Å². The number of aromatic nitrogens is 4. The van der Waals surface area contributed by atoms with Gasteiger partial charge in [-0.05, 0) is 49.7 Å². The van der Waals surface area contributed by atoms with Crippen LogP contribution in [0.15, 0.2) is 33.9 Å². The molecule has 8 nitrogen and oxygen atoms in total. The molecule has 27 heavy (non-hydrogen) atoms. The van der Waals surface area contributed by atoms with Gasteiger partial charge in [0.25, 0.3) is 5.56 Å². The van der Waals surface area contributed by atoms with Crippen molar-refractivity contribution >= 4 is 28.5 Å². The van der Waals surface area contributed by atoms with Crippen LogP contribution in [0.1, 0.15) is 30.2 Å². The molecular weight excluding hydrogens is 372 g/mol. The SMILES string of the molecule is CCOc1ccc(C(=O)[C@@H](C)n2c(Cl)nc3c2c(=O)n(C)c(=O)n3C)cc1. The van der Waals surface area contributed by atoms with Crippen molar-refractivity contribution in [3.8, 4) is 5.75 Å². The van der Waals surface area contributed by atoms with E-state index in [4.69, 9.17) is 16.3 Å². The molecule has 0 amide bonds. The molecule has 0 aliphatic heterocycles. The van der Waals surface area contributed by atoms with E-state index in [1.165, 1.54) is 23.2 Å². The fraction of sp³-hybridized carbons (Fsp3) is 0.333. The standard InChI is InChI=1S/C18H19ClN4O4/c1-5-27-12-8-6-11(7-9-12)14(24)10(2)23-13-15(20-17(23)19)21(3)18(26)22(4)16(13)25/h6-10H,5H2,1-4H3/t10-/m1/s1. The van der Waals surface area contributed by atoms with Gasteiger partial charge in [-0.15, -0.1) is 0 Å². The van der Waals surface area contributed by atoms with Gasteiger partial charge in [0.15, 0.2) is 16.9 Å². The molecule has 0 aliphatic rings. The van der Waals surface area contributed by atoms with E-state index in [0.717, 1.165) is 4.57 Å².